The summed E-state index contributed by atoms with van der Waals surface area (Å²) < 4.78 is 0. The number of rotatable bonds is 1. The number of benzene rings is 3. The fourth-order valence-corrected chi connectivity index (χ4v) is 3.81. The molecule has 3 aromatic carbocycles. The lowest BCUT2D eigenvalue weighted by Crippen LogP contribution is -2.29. The van der Waals surface area contributed by atoms with E-state index in [0.29, 0.717) is 0 Å². The topological polar surface area (TPSA) is 15.6 Å². The molecule has 22 heavy (non-hydrogen) atoms. The van der Waals surface area contributed by atoms with Crippen LogP contribution >= 0.6 is 0 Å². The highest BCUT2D eigenvalue weighted by molar-refractivity contribution is 6.21. The summed E-state index contributed by atoms with van der Waals surface area (Å²) in [5.41, 5.74) is 6.48. The van der Waals surface area contributed by atoms with Crippen LogP contribution in [0.5, 0.6) is 0 Å². The van der Waals surface area contributed by atoms with Crippen LogP contribution in [0.2, 0.25) is 0 Å². The van der Waals surface area contributed by atoms with Gasteiger partial charge < -0.3 is 4.90 Å². The molecular weight excluding hydrogens is 268 g/mol. The standard InChI is InChI=1S/C20H16N2/c1-22-17-12-10-14-8-7-13-9-11-16(19(17)18(13)14)21-20(22)15-5-3-2-4-6-15/h2-6,9-12H,7-8H2,1H3. The first-order valence-electron chi connectivity index (χ1n) is 7.78. The molecule has 1 heterocycles. The first kappa shape index (κ1) is 12.0. The molecule has 0 saturated carbocycles. The molecule has 3 aromatic rings. The average molecular weight is 284 g/mol. The van der Waals surface area contributed by atoms with E-state index < -0.39 is 0 Å². The summed E-state index contributed by atoms with van der Waals surface area (Å²) in [6.07, 6.45) is 2.32. The second-order valence-electron chi connectivity index (χ2n) is 6.10. The molecule has 2 heteroatoms. The second-order valence-corrected chi connectivity index (χ2v) is 6.10. The van der Waals surface area contributed by atoms with Crippen molar-refractivity contribution in [3.05, 3.63) is 71.3 Å². The smallest absolute Gasteiger partial charge is 0.140 e. The van der Waals surface area contributed by atoms with Gasteiger partial charge in [0.25, 0.3) is 0 Å². The van der Waals surface area contributed by atoms with Crippen molar-refractivity contribution in [1.29, 1.82) is 0 Å². The van der Waals surface area contributed by atoms with Crippen LogP contribution < -0.4 is 4.90 Å². The van der Waals surface area contributed by atoms with Crippen molar-refractivity contribution in [3.8, 4) is 0 Å². The van der Waals surface area contributed by atoms with Crippen molar-refractivity contribution in [2.45, 2.75) is 12.8 Å². The van der Waals surface area contributed by atoms with Crippen LogP contribution in [0.1, 0.15) is 16.7 Å². The number of hydrogen-bond acceptors (Lipinski definition) is 2. The lowest BCUT2D eigenvalue weighted by molar-refractivity contribution is 1.02. The van der Waals surface area contributed by atoms with Gasteiger partial charge in [-0.3, -0.25) is 0 Å². The molecule has 106 valence electrons. The van der Waals surface area contributed by atoms with E-state index in [1.807, 2.05) is 6.07 Å². The molecule has 5 rings (SSSR count). The normalized spacial score (nSPS) is 15.3. The van der Waals surface area contributed by atoms with E-state index in [2.05, 4.69) is 60.5 Å². The lowest BCUT2D eigenvalue weighted by Gasteiger charge is -2.28. The summed E-state index contributed by atoms with van der Waals surface area (Å²) in [7, 11) is 2.12. The van der Waals surface area contributed by atoms with Crippen LogP contribution in [0.3, 0.4) is 0 Å². The van der Waals surface area contributed by atoms with Crippen LogP contribution in [-0.4, -0.2) is 12.9 Å². The van der Waals surface area contributed by atoms with Gasteiger partial charge in [-0.05, 0) is 41.5 Å². The Kier molecular flexibility index (Phi) is 2.29. The Morgan fingerprint density at radius 1 is 0.818 bits per heavy atom. The Morgan fingerprint density at radius 3 is 2.32 bits per heavy atom. The van der Waals surface area contributed by atoms with Gasteiger partial charge in [0, 0.05) is 18.0 Å². The minimum absolute atomic E-state index is 1.02. The van der Waals surface area contributed by atoms with Gasteiger partial charge in [-0.1, -0.05) is 42.5 Å². The van der Waals surface area contributed by atoms with Crippen molar-refractivity contribution in [3.63, 3.8) is 0 Å². The van der Waals surface area contributed by atoms with Gasteiger partial charge >= 0.3 is 0 Å². The maximum absolute atomic E-state index is 4.97. The summed E-state index contributed by atoms with van der Waals surface area (Å²) in [4.78, 5) is 7.19. The molecule has 0 fully saturated rings. The molecule has 0 atom stereocenters. The molecule has 1 aliphatic carbocycles. The zero-order chi connectivity index (χ0) is 14.7. The second kappa shape index (κ2) is 4.20. The highest BCUT2D eigenvalue weighted by atomic mass is 15.2. The van der Waals surface area contributed by atoms with Gasteiger partial charge in [0.1, 0.15) is 5.84 Å². The fraction of sp³-hybridized carbons (Fsp3) is 0.150. The van der Waals surface area contributed by atoms with E-state index in [9.17, 15) is 0 Å². The van der Waals surface area contributed by atoms with Crippen molar-refractivity contribution in [2.24, 2.45) is 4.99 Å². The number of nitrogens with zero attached hydrogens (tertiary/aromatic N) is 2. The van der Waals surface area contributed by atoms with Crippen molar-refractivity contribution < 1.29 is 0 Å². The van der Waals surface area contributed by atoms with E-state index in [4.69, 9.17) is 4.99 Å². The van der Waals surface area contributed by atoms with E-state index in [0.717, 1.165) is 29.9 Å². The largest absolute Gasteiger partial charge is 0.328 e. The van der Waals surface area contributed by atoms with Crippen molar-refractivity contribution in [2.75, 3.05) is 11.9 Å². The third-order valence-corrected chi connectivity index (χ3v) is 4.89. The van der Waals surface area contributed by atoms with Gasteiger partial charge in [0.05, 0.1) is 11.4 Å². The number of aryl methyl sites for hydroxylation is 2. The van der Waals surface area contributed by atoms with E-state index >= 15 is 0 Å². The summed E-state index contributed by atoms with van der Waals surface area (Å²) in [6.45, 7) is 0. The van der Waals surface area contributed by atoms with Crippen LogP contribution in [-0.2, 0) is 12.8 Å². The summed E-state index contributed by atoms with van der Waals surface area (Å²) in [6, 6.07) is 19.4. The van der Waals surface area contributed by atoms with Gasteiger partial charge in [0.2, 0.25) is 0 Å². The average Bonchev–Trinajstić information content (AvgIpc) is 3.00. The molecule has 0 saturated heterocycles. The fourth-order valence-electron chi connectivity index (χ4n) is 3.81. The Balaban J connectivity index is 1.84. The van der Waals surface area contributed by atoms with Crippen LogP contribution in [0.15, 0.2) is 59.6 Å². The van der Waals surface area contributed by atoms with Gasteiger partial charge in [-0.2, -0.15) is 0 Å². The molecule has 0 unspecified atom stereocenters. The first-order chi connectivity index (χ1) is 10.8. The molecule has 2 aliphatic rings. The summed E-state index contributed by atoms with van der Waals surface area (Å²) >= 11 is 0. The maximum atomic E-state index is 4.97. The monoisotopic (exact) mass is 284 g/mol. The summed E-state index contributed by atoms with van der Waals surface area (Å²) in [5, 5.41) is 2.77. The minimum atomic E-state index is 1.02. The first-order valence-corrected chi connectivity index (χ1v) is 7.78. The minimum Gasteiger partial charge on any atom is -0.328 e. The van der Waals surface area contributed by atoms with Gasteiger partial charge in [-0.25, -0.2) is 4.99 Å². The molecule has 0 aromatic heterocycles. The Morgan fingerprint density at radius 2 is 1.55 bits per heavy atom. The predicted molar refractivity (Wildman–Crippen MR) is 92.4 cm³/mol. The predicted octanol–water partition coefficient (Wildman–Crippen LogP) is 4.47. The lowest BCUT2D eigenvalue weighted by atomic mass is 9.99. The molecular formula is C20H16N2. The molecule has 0 spiro atoms. The quantitative estimate of drug-likeness (QED) is 0.644. The third kappa shape index (κ3) is 1.47. The van der Waals surface area contributed by atoms with Gasteiger partial charge in [0.15, 0.2) is 0 Å². The number of aliphatic imine (C=N–C) groups is 1. The van der Waals surface area contributed by atoms with Gasteiger partial charge in [-0.15, -0.1) is 0 Å². The van der Waals surface area contributed by atoms with Crippen LogP contribution in [0.25, 0.3) is 10.8 Å². The molecule has 0 radical (unpaired) electrons. The Labute approximate surface area is 129 Å². The SMILES string of the molecule is CN1C(c2ccccc2)=Nc2ccc3c4c(ccc1c24)CC3. The van der Waals surface area contributed by atoms with E-state index in [1.54, 1.807) is 0 Å². The highest BCUT2D eigenvalue weighted by Crippen LogP contribution is 2.44. The zero-order valence-electron chi connectivity index (χ0n) is 12.5. The van der Waals surface area contributed by atoms with E-state index in [1.165, 1.54) is 27.6 Å². The Hall–Kier alpha value is -2.61. The molecule has 0 amide bonds. The third-order valence-electron chi connectivity index (χ3n) is 4.89. The van der Waals surface area contributed by atoms with Crippen molar-refractivity contribution in [1.82, 2.24) is 0 Å². The van der Waals surface area contributed by atoms with Crippen LogP contribution in [0.4, 0.5) is 11.4 Å². The van der Waals surface area contributed by atoms with Crippen molar-refractivity contribution >= 4 is 28.0 Å². The van der Waals surface area contributed by atoms with E-state index in [-0.39, 0.29) is 0 Å². The number of anilines is 1. The maximum Gasteiger partial charge on any atom is 0.140 e. The number of hydrogen-bond donors (Lipinski definition) is 0. The Bertz CT molecular complexity index is 929. The molecule has 0 bridgehead atoms. The molecule has 2 nitrogen and oxygen atoms in total. The number of amidine groups is 1. The molecule has 1 aliphatic heterocycles. The van der Waals surface area contributed by atoms with Crippen LogP contribution in [0, 0.1) is 0 Å². The zero-order valence-corrected chi connectivity index (χ0v) is 12.5. The highest BCUT2D eigenvalue weighted by Gasteiger charge is 2.25. The molecule has 0 N–H and O–H groups in total. The summed E-state index contributed by atoms with van der Waals surface area (Å²) in [5.74, 6) is 1.02.